The number of likely N-dealkylation sites (tertiary alicyclic amines) is 1. The van der Waals surface area contributed by atoms with E-state index in [0.29, 0.717) is 13.1 Å². The SMILES string of the molecule is NCc1cccc(NC(=O)N2CCCCC2CO)c1. The summed E-state index contributed by atoms with van der Waals surface area (Å²) in [5.41, 5.74) is 7.31. The number of aliphatic hydroxyl groups excluding tert-OH is 1. The highest BCUT2D eigenvalue weighted by atomic mass is 16.3. The Morgan fingerprint density at radius 2 is 2.32 bits per heavy atom. The minimum atomic E-state index is -0.145. The second kappa shape index (κ2) is 6.54. The van der Waals surface area contributed by atoms with E-state index in [-0.39, 0.29) is 18.7 Å². The van der Waals surface area contributed by atoms with Gasteiger partial charge in [-0.05, 0) is 37.0 Å². The topological polar surface area (TPSA) is 78.6 Å². The summed E-state index contributed by atoms with van der Waals surface area (Å²) < 4.78 is 0. The Labute approximate surface area is 113 Å². The van der Waals surface area contributed by atoms with Crippen LogP contribution >= 0.6 is 0 Å². The Bertz CT molecular complexity index is 436. The van der Waals surface area contributed by atoms with Crippen LogP contribution < -0.4 is 11.1 Å². The molecule has 0 spiro atoms. The first-order valence-electron chi connectivity index (χ1n) is 6.72. The summed E-state index contributed by atoms with van der Waals surface area (Å²) in [5.74, 6) is 0. The number of hydrogen-bond donors (Lipinski definition) is 3. The first-order valence-corrected chi connectivity index (χ1v) is 6.72. The zero-order valence-corrected chi connectivity index (χ0v) is 11.0. The number of nitrogens with zero attached hydrogens (tertiary/aromatic N) is 1. The van der Waals surface area contributed by atoms with Crippen molar-refractivity contribution in [2.45, 2.75) is 31.8 Å². The lowest BCUT2D eigenvalue weighted by Crippen LogP contribution is -2.47. The molecule has 1 unspecified atom stereocenters. The Hall–Kier alpha value is -1.59. The van der Waals surface area contributed by atoms with Gasteiger partial charge in [-0.25, -0.2) is 4.79 Å². The number of urea groups is 1. The predicted octanol–water partition coefficient (Wildman–Crippen LogP) is 1.52. The third-order valence-electron chi connectivity index (χ3n) is 3.51. The first-order chi connectivity index (χ1) is 9.24. The van der Waals surface area contributed by atoms with Crippen molar-refractivity contribution in [3.63, 3.8) is 0 Å². The average molecular weight is 263 g/mol. The predicted molar refractivity (Wildman–Crippen MR) is 74.8 cm³/mol. The lowest BCUT2D eigenvalue weighted by atomic mass is 10.0. The molecule has 0 aliphatic carbocycles. The molecule has 4 N–H and O–H groups in total. The van der Waals surface area contributed by atoms with E-state index < -0.39 is 0 Å². The van der Waals surface area contributed by atoms with Gasteiger partial charge >= 0.3 is 6.03 Å². The summed E-state index contributed by atoms with van der Waals surface area (Å²) in [4.78, 5) is 13.9. The minimum Gasteiger partial charge on any atom is -0.394 e. The molecule has 1 aromatic rings. The average Bonchev–Trinajstić information content (AvgIpc) is 2.47. The fraction of sp³-hybridized carbons (Fsp3) is 0.500. The van der Waals surface area contributed by atoms with Gasteiger partial charge in [-0.15, -0.1) is 0 Å². The number of anilines is 1. The number of piperidine rings is 1. The van der Waals surface area contributed by atoms with Crippen LogP contribution in [0.4, 0.5) is 10.5 Å². The zero-order chi connectivity index (χ0) is 13.7. The molecule has 1 aliphatic rings. The lowest BCUT2D eigenvalue weighted by molar-refractivity contribution is 0.115. The standard InChI is InChI=1S/C14H21N3O2/c15-9-11-4-3-5-12(8-11)16-14(19)17-7-2-1-6-13(17)10-18/h3-5,8,13,18H,1-2,6-7,9-10,15H2,(H,16,19). The molecule has 1 fully saturated rings. The number of nitrogens with one attached hydrogen (secondary N) is 1. The molecule has 1 heterocycles. The van der Waals surface area contributed by atoms with E-state index in [4.69, 9.17) is 5.73 Å². The van der Waals surface area contributed by atoms with Crippen LogP contribution in [0.15, 0.2) is 24.3 Å². The van der Waals surface area contributed by atoms with Crippen molar-refractivity contribution < 1.29 is 9.90 Å². The Morgan fingerprint density at radius 1 is 1.47 bits per heavy atom. The highest BCUT2D eigenvalue weighted by molar-refractivity contribution is 5.89. The molecule has 5 heteroatoms. The number of amides is 2. The van der Waals surface area contributed by atoms with Crippen LogP contribution in [-0.4, -0.2) is 35.2 Å². The maximum Gasteiger partial charge on any atom is 0.322 e. The van der Waals surface area contributed by atoms with Gasteiger partial charge in [0, 0.05) is 18.8 Å². The molecule has 1 atom stereocenters. The van der Waals surface area contributed by atoms with Gasteiger partial charge < -0.3 is 21.1 Å². The zero-order valence-electron chi connectivity index (χ0n) is 11.0. The first kappa shape index (κ1) is 13.8. The van der Waals surface area contributed by atoms with Gasteiger partial charge in [-0.3, -0.25) is 0 Å². The van der Waals surface area contributed by atoms with Gasteiger partial charge in [0.25, 0.3) is 0 Å². The van der Waals surface area contributed by atoms with Crippen LogP contribution in [0.5, 0.6) is 0 Å². The fourth-order valence-corrected chi connectivity index (χ4v) is 2.43. The third kappa shape index (κ3) is 3.45. The van der Waals surface area contributed by atoms with Crippen molar-refractivity contribution in [3.05, 3.63) is 29.8 Å². The number of hydrogen-bond acceptors (Lipinski definition) is 3. The molecule has 19 heavy (non-hydrogen) atoms. The van der Waals surface area contributed by atoms with Crippen molar-refractivity contribution in [1.82, 2.24) is 4.90 Å². The number of carbonyl (C=O) groups excluding carboxylic acids is 1. The molecule has 0 radical (unpaired) electrons. The van der Waals surface area contributed by atoms with Crippen molar-refractivity contribution in [3.8, 4) is 0 Å². The fourth-order valence-electron chi connectivity index (χ4n) is 2.43. The molecule has 104 valence electrons. The summed E-state index contributed by atoms with van der Waals surface area (Å²) in [6, 6.07) is 7.30. The molecule has 1 aliphatic heterocycles. The number of rotatable bonds is 3. The van der Waals surface area contributed by atoms with E-state index in [2.05, 4.69) is 5.32 Å². The highest BCUT2D eigenvalue weighted by Gasteiger charge is 2.25. The Kier molecular flexibility index (Phi) is 4.76. The minimum absolute atomic E-state index is 0.0241. The molecule has 1 saturated heterocycles. The van der Waals surface area contributed by atoms with Crippen LogP contribution in [0.25, 0.3) is 0 Å². The molecule has 1 aromatic carbocycles. The van der Waals surface area contributed by atoms with E-state index in [1.54, 1.807) is 4.90 Å². The van der Waals surface area contributed by atoms with Crippen molar-refractivity contribution in [2.24, 2.45) is 5.73 Å². The van der Waals surface area contributed by atoms with E-state index in [9.17, 15) is 9.90 Å². The molecular weight excluding hydrogens is 242 g/mol. The maximum atomic E-state index is 12.2. The van der Waals surface area contributed by atoms with E-state index in [1.807, 2.05) is 24.3 Å². The highest BCUT2D eigenvalue weighted by Crippen LogP contribution is 2.18. The van der Waals surface area contributed by atoms with Crippen molar-refractivity contribution in [1.29, 1.82) is 0 Å². The smallest absolute Gasteiger partial charge is 0.322 e. The van der Waals surface area contributed by atoms with Gasteiger partial charge in [0.15, 0.2) is 0 Å². The number of carbonyl (C=O) groups is 1. The van der Waals surface area contributed by atoms with Gasteiger partial charge in [-0.2, -0.15) is 0 Å². The van der Waals surface area contributed by atoms with Crippen molar-refractivity contribution in [2.75, 3.05) is 18.5 Å². The van der Waals surface area contributed by atoms with Crippen LogP contribution in [-0.2, 0) is 6.54 Å². The largest absolute Gasteiger partial charge is 0.394 e. The van der Waals surface area contributed by atoms with E-state index >= 15 is 0 Å². The second-order valence-electron chi connectivity index (χ2n) is 4.86. The molecule has 2 rings (SSSR count). The van der Waals surface area contributed by atoms with E-state index in [0.717, 1.165) is 30.5 Å². The molecule has 0 bridgehead atoms. The van der Waals surface area contributed by atoms with Gasteiger partial charge in [0.2, 0.25) is 0 Å². The van der Waals surface area contributed by atoms with Crippen molar-refractivity contribution >= 4 is 11.7 Å². The molecule has 2 amide bonds. The molecule has 0 saturated carbocycles. The summed E-state index contributed by atoms with van der Waals surface area (Å²) in [6.45, 7) is 1.18. The maximum absolute atomic E-state index is 12.2. The summed E-state index contributed by atoms with van der Waals surface area (Å²) in [6.07, 6.45) is 2.93. The van der Waals surface area contributed by atoms with Gasteiger partial charge in [0.1, 0.15) is 0 Å². The normalized spacial score (nSPS) is 19.3. The number of nitrogens with two attached hydrogens (primary N) is 1. The lowest BCUT2D eigenvalue weighted by Gasteiger charge is -2.34. The molecule has 5 nitrogen and oxygen atoms in total. The summed E-state index contributed by atoms with van der Waals surface area (Å²) >= 11 is 0. The van der Waals surface area contributed by atoms with Crippen LogP contribution in [0.3, 0.4) is 0 Å². The quantitative estimate of drug-likeness (QED) is 0.773. The summed E-state index contributed by atoms with van der Waals surface area (Å²) in [5, 5.41) is 12.2. The van der Waals surface area contributed by atoms with E-state index in [1.165, 1.54) is 0 Å². The van der Waals surface area contributed by atoms with Gasteiger partial charge in [0.05, 0.1) is 12.6 Å². The Balaban J connectivity index is 2.02. The van der Waals surface area contributed by atoms with Crippen LogP contribution in [0.1, 0.15) is 24.8 Å². The third-order valence-corrected chi connectivity index (χ3v) is 3.51. The molecular formula is C14H21N3O2. The van der Waals surface area contributed by atoms with Crippen LogP contribution in [0.2, 0.25) is 0 Å². The number of benzene rings is 1. The molecule has 0 aromatic heterocycles. The second-order valence-corrected chi connectivity index (χ2v) is 4.86. The monoisotopic (exact) mass is 263 g/mol. The summed E-state index contributed by atoms with van der Waals surface area (Å²) in [7, 11) is 0. The Morgan fingerprint density at radius 3 is 3.05 bits per heavy atom. The van der Waals surface area contributed by atoms with Crippen LogP contribution in [0, 0.1) is 0 Å². The number of aliphatic hydroxyl groups is 1. The van der Waals surface area contributed by atoms with Gasteiger partial charge in [-0.1, -0.05) is 12.1 Å².